The Hall–Kier alpha value is -1.85. The molecule has 0 saturated heterocycles. The molecule has 0 rings (SSSR count). The molecule has 0 unspecified atom stereocenters. The van der Waals surface area contributed by atoms with Gasteiger partial charge in [0.1, 0.15) is 25.9 Å². The van der Waals surface area contributed by atoms with Crippen LogP contribution in [0.25, 0.3) is 0 Å². The molecule has 1 atom stereocenters. The summed E-state index contributed by atoms with van der Waals surface area (Å²) < 4.78 is 10.6. The van der Waals surface area contributed by atoms with Gasteiger partial charge < -0.3 is 29.7 Å². The van der Waals surface area contributed by atoms with Gasteiger partial charge in [-0.25, -0.2) is 4.79 Å². The summed E-state index contributed by atoms with van der Waals surface area (Å²) in [4.78, 5) is 46.2. The molecule has 0 aliphatic heterocycles. The summed E-state index contributed by atoms with van der Waals surface area (Å²) in [7, 11) is 5.89. The predicted molar refractivity (Wildman–Crippen MR) is 114 cm³/mol. The second-order valence-electron chi connectivity index (χ2n) is 8.52. The lowest BCUT2D eigenvalue weighted by Crippen LogP contribution is -2.47. The Bertz CT molecular complexity index is 591. The Kier molecular flexibility index (Phi) is 12.6. The van der Waals surface area contributed by atoms with Crippen molar-refractivity contribution in [3.8, 4) is 0 Å². The highest BCUT2D eigenvalue weighted by Crippen LogP contribution is 2.21. The fourth-order valence-electron chi connectivity index (χ4n) is 1.99. The quantitative estimate of drug-likeness (QED) is 0.205. The molecule has 3 N–H and O–H groups in total. The molecule has 2 amide bonds. The fourth-order valence-corrected chi connectivity index (χ4v) is 2.48. The summed E-state index contributed by atoms with van der Waals surface area (Å²) in [5.41, 5.74) is -1.05. The van der Waals surface area contributed by atoms with E-state index >= 15 is 0 Å². The van der Waals surface area contributed by atoms with E-state index in [1.165, 1.54) is 6.92 Å². The molecular weight excluding hydrogens is 414 g/mol. The number of hydrogen-bond donors (Lipinski definition) is 3. The highest BCUT2D eigenvalue weighted by atomic mass is 32.2. The number of hydrogen-bond acceptors (Lipinski definition) is 8. The van der Waals surface area contributed by atoms with Gasteiger partial charge in [-0.1, -0.05) is 25.6 Å². The van der Waals surface area contributed by atoms with E-state index in [9.17, 15) is 24.3 Å². The molecule has 0 aliphatic carbocycles. The third-order valence-electron chi connectivity index (χ3n) is 3.91. The molecule has 11 heteroatoms. The van der Waals surface area contributed by atoms with Gasteiger partial charge in [-0.3, -0.25) is 14.4 Å². The Morgan fingerprint density at radius 3 is 2.27 bits per heavy atom. The summed E-state index contributed by atoms with van der Waals surface area (Å²) in [6.45, 7) is 5.62. The second kappa shape index (κ2) is 13.5. The molecule has 10 nitrogen and oxygen atoms in total. The first-order chi connectivity index (χ1) is 13.7. The first kappa shape index (κ1) is 28.1. The van der Waals surface area contributed by atoms with Crippen molar-refractivity contribution in [2.45, 2.75) is 33.3 Å². The van der Waals surface area contributed by atoms with E-state index in [1.807, 2.05) is 21.1 Å². The lowest BCUT2D eigenvalue weighted by molar-refractivity contribution is -0.870. The molecule has 174 valence electrons. The third kappa shape index (κ3) is 14.2. The number of amides is 2. The van der Waals surface area contributed by atoms with Crippen LogP contribution in [0, 0.1) is 5.41 Å². The number of quaternary nitrogens is 1. The van der Waals surface area contributed by atoms with Gasteiger partial charge in [0.25, 0.3) is 0 Å². The lowest BCUT2D eigenvalue weighted by atomic mass is 9.87. The number of aliphatic hydroxyl groups is 1. The molecule has 0 aromatic heterocycles. The number of aliphatic hydroxyl groups excluding tert-OH is 1. The Balaban J connectivity index is 4.17. The standard InChI is InChI=1S/C19H35N3O7S/c1-14(23)30-12-9-20-15(24)7-8-21-17(26)16(25)19(2,3)13-29-18(27)28-11-10-22(4,5)6/h16,25H,7-13H2,1-6H3,(H-,20,21,24,26)/p+1/t16-/m0/s1. The first-order valence-corrected chi connectivity index (χ1v) is 10.7. The monoisotopic (exact) mass is 450 g/mol. The van der Waals surface area contributed by atoms with Gasteiger partial charge in [0.05, 0.1) is 21.1 Å². The maximum atomic E-state index is 12.1. The van der Waals surface area contributed by atoms with Gasteiger partial charge in [-0.15, -0.1) is 0 Å². The summed E-state index contributed by atoms with van der Waals surface area (Å²) in [5.74, 6) is -0.451. The van der Waals surface area contributed by atoms with E-state index < -0.39 is 23.6 Å². The minimum absolute atomic E-state index is 0.0190. The summed E-state index contributed by atoms with van der Waals surface area (Å²) >= 11 is 1.12. The van der Waals surface area contributed by atoms with Crippen LogP contribution in [0.1, 0.15) is 27.2 Å². The van der Waals surface area contributed by atoms with Crippen LogP contribution in [0.5, 0.6) is 0 Å². The van der Waals surface area contributed by atoms with Crippen LogP contribution in [0.3, 0.4) is 0 Å². The number of thioether (sulfide) groups is 1. The fraction of sp³-hybridized carbons (Fsp3) is 0.789. The van der Waals surface area contributed by atoms with Crippen molar-refractivity contribution in [3.05, 3.63) is 0 Å². The lowest BCUT2D eigenvalue weighted by Gasteiger charge is -2.29. The average Bonchev–Trinajstić information content (AvgIpc) is 2.61. The Morgan fingerprint density at radius 1 is 1.07 bits per heavy atom. The number of rotatable bonds is 13. The van der Waals surface area contributed by atoms with Crippen molar-refractivity contribution in [1.82, 2.24) is 10.6 Å². The van der Waals surface area contributed by atoms with Crippen molar-refractivity contribution in [1.29, 1.82) is 0 Å². The maximum absolute atomic E-state index is 12.1. The number of likely N-dealkylation sites (N-methyl/N-ethyl adjacent to an activating group) is 1. The van der Waals surface area contributed by atoms with E-state index in [4.69, 9.17) is 9.47 Å². The van der Waals surface area contributed by atoms with Gasteiger partial charge in [0, 0.05) is 37.6 Å². The van der Waals surface area contributed by atoms with Crippen molar-refractivity contribution in [3.63, 3.8) is 0 Å². The molecule has 0 aromatic rings. The zero-order chi connectivity index (χ0) is 23.4. The molecule has 0 saturated carbocycles. The van der Waals surface area contributed by atoms with Crippen molar-refractivity contribution in [2.24, 2.45) is 5.41 Å². The van der Waals surface area contributed by atoms with Crippen LogP contribution >= 0.6 is 11.8 Å². The minimum atomic E-state index is -1.44. The molecule has 0 fully saturated rings. The topological polar surface area (TPSA) is 131 Å². The molecule has 0 radical (unpaired) electrons. The van der Waals surface area contributed by atoms with Crippen LogP contribution in [0.2, 0.25) is 0 Å². The van der Waals surface area contributed by atoms with E-state index in [2.05, 4.69) is 10.6 Å². The minimum Gasteiger partial charge on any atom is -0.434 e. The van der Waals surface area contributed by atoms with Gasteiger partial charge >= 0.3 is 6.16 Å². The number of nitrogens with one attached hydrogen (secondary N) is 2. The third-order valence-corrected chi connectivity index (χ3v) is 4.73. The first-order valence-electron chi connectivity index (χ1n) is 9.70. The number of ether oxygens (including phenoxy) is 2. The SMILES string of the molecule is CC(=O)SCCNC(=O)CCNC(=O)[C@H](O)C(C)(C)COC(=O)OCC[N+](C)(C)C. The van der Waals surface area contributed by atoms with Crippen molar-refractivity contribution in [2.75, 3.05) is 59.7 Å². The molecular formula is C19H36N3O7S+. The van der Waals surface area contributed by atoms with E-state index in [0.717, 1.165) is 11.8 Å². The van der Waals surface area contributed by atoms with E-state index in [1.54, 1.807) is 13.8 Å². The Morgan fingerprint density at radius 2 is 1.70 bits per heavy atom. The Labute approximate surface area is 182 Å². The van der Waals surface area contributed by atoms with Gasteiger partial charge in [0.15, 0.2) is 5.12 Å². The molecule has 0 bridgehead atoms. The zero-order valence-corrected chi connectivity index (χ0v) is 19.6. The molecule has 0 aromatic carbocycles. The van der Waals surface area contributed by atoms with Gasteiger partial charge in [-0.2, -0.15) is 0 Å². The predicted octanol–water partition coefficient (Wildman–Crippen LogP) is 0.135. The van der Waals surface area contributed by atoms with Crippen LogP contribution in [-0.4, -0.2) is 98.5 Å². The number of carbonyl (C=O) groups excluding carboxylic acids is 4. The largest absolute Gasteiger partial charge is 0.508 e. The summed E-state index contributed by atoms with van der Waals surface area (Å²) in [6.07, 6.45) is -2.26. The summed E-state index contributed by atoms with van der Waals surface area (Å²) in [6, 6.07) is 0. The number of carbonyl (C=O) groups is 4. The highest BCUT2D eigenvalue weighted by Gasteiger charge is 2.35. The zero-order valence-electron chi connectivity index (χ0n) is 18.8. The van der Waals surface area contributed by atoms with Gasteiger partial charge in [-0.05, 0) is 0 Å². The smallest absolute Gasteiger partial charge is 0.434 e. The van der Waals surface area contributed by atoms with E-state index in [-0.39, 0.29) is 37.2 Å². The second-order valence-corrected chi connectivity index (χ2v) is 9.80. The van der Waals surface area contributed by atoms with Crippen LogP contribution in [0.15, 0.2) is 0 Å². The normalized spacial score (nSPS) is 12.6. The van der Waals surface area contributed by atoms with Gasteiger partial charge in [0.2, 0.25) is 11.8 Å². The van der Waals surface area contributed by atoms with Crippen LogP contribution < -0.4 is 10.6 Å². The van der Waals surface area contributed by atoms with Crippen molar-refractivity contribution < 1.29 is 38.2 Å². The molecule has 0 heterocycles. The molecule has 0 spiro atoms. The number of nitrogens with zero attached hydrogens (tertiary/aromatic N) is 1. The molecule has 30 heavy (non-hydrogen) atoms. The highest BCUT2D eigenvalue weighted by molar-refractivity contribution is 8.13. The van der Waals surface area contributed by atoms with Crippen LogP contribution in [-0.2, 0) is 23.9 Å². The van der Waals surface area contributed by atoms with E-state index in [0.29, 0.717) is 23.3 Å². The van der Waals surface area contributed by atoms with Crippen LogP contribution in [0.4, 0.5) is 4.79 Å². The summed E-state index contributed by atoms with van der Waals surface area (Å²) in [5, 5.41) is 15.3. The maximum Gasteiger partial charge on any atom is 0.508 e. The average molecular weight is 451 g/mol. The molecule has 0 aliphatic rings. The van der Waals surface area contributed by atoms with Crippen molar-refractivity contribution >= 4 is 34.8 Å².